The number of rotatable bonds is 5. The van der Waals surface area contributed by atoms with E-state index in [9.17, 15) is 18.0 Å². The van der Waals surface area contributed by atoms with Crippen LogP contribution in [0.5, 0.6) is 0 Å². The molecule has 3 rings (SSSR count). The molecule has 1 saturated carbocycles. The third-order valence-electron chi connectivity index (χ3n) is 4.75. The van der Waals surface area contributed by atoms with E-state index in [-0.39, 0.29) is 23.8 Å². The molecule has 1 fully saturated rings. The standard InChI is InChI=1S/C19H21F3N4O/c1-2-12-6-3-4-7-13(12)18(27)26-15-9-5-8-14(15)25-17-11-23-16(10-24-17)19(20,21)22/h3-4,6-7,10-11,14-15H,2,5,8-9H2,1H3,(H,24,25)(H,26,27)/t14-,15-/m0/s1. The lowest BCUT2D eigenvalue weighted by Gasteiger charge is -2.23. The molecular weight excluding hydrogens is 357 g/mol. The van der Waals surface area contributed by atoms with Crippen LogP contribution < -0.4 is 10.6 Å². The van der Waals surface area contributed by atoms with Crippen molar-refractivity contribution in [2.75, 3.05) is 5.32 Å². The maximum atomic E-state index is 12.6. The number of nitrogens with one attached hydrogen (secondary N) is 2. The SMILES string of the molecule is CCc1ccccc1C(=O)N[C@H]1CCC[C@@H]1Nc1cnc(C(F)(F)F)cn1. The van der Waals surface area contributed by atoms with Gasteiger partial charge < -0.3 is 10.6 Å². The first kappa shape index (κ1) is 19.1. The molecule has 0 radical (unpaired) electrons. The summed E-state index contributed by atoms with van der Waals surface area (Å²) in [5, 5.41) is 6.15. The van der Waals surface area contributed by atoms with Gasteiger partial charge in [-0.25, -0.2) is 9.97 Å². The molecule has 0 aliphatic heterocycles. The Balaban J connectivity index is 1.66. The first-order valence-corrected chi connectivity index (χ1v) is 8.93. The fourth-order valence-corrected chi connectivity index (χ4v) is 3.34. The Morgan fingerprint density at radius 1 is 1.15 bits per heavy atom. The molecule has 5 nitrogen and oxygen atoms in total. The molecule has 0 bridgehead atoms. The quantitative estimate of drug-likeness (QED) is 0.830. The zero-order valence-corrected chi connectivity index (χ0v) is 14.9. The number of aryl methyl sites for hydroxylation is 1. The molecule has 2 aromatic rings. The molecular formula is C19H21F3N4O. The topological polar surface area (TPSA) is 66.9 Å². The van der Waals surface area contributed by atoms with Crippen molar-refractivity contribution in [1.82, 2.24) is 15.3 Å². The van der Waals surface area contributed by atoms with Crippen molar-refractivity contribution in [3.8, 4) is 0 Å². The van der Waals surface area contributed by atoms with Crippen molar-refractivity contribution in [3.05, 3.63) is 53.5 Å². The summed E-state index contributed by atoms with van der Waals surface area (Å²) in [6, 6.07) is 7.24. The van der Waals surface area contributed by atoms with E-state index in [4.69, 9.17) is 0 Å². The van der Waals surface area contributed by atoms with Gasteiger partial charge >= 0.3 is 6.18 Å². The van der Waals surface area contributed by atoms with Crippen LogP contribution in [0.4, 0.5) is 19.0 Å². The number of anilines is 1. The minimum absolute atomic E-state index is 0.103. The maximum absolute atomic E-state index is 12.6. The largest absolute Gasteiger partial charge is 0.434 e. The number of halogens is 3. The predicted octanol–water partition coefficient (Wildman–Crippen LogP) is 3.82. The van der Waals surface area contributed by atoms with Crippen LogP contribution in [-0.4, -0.2) is 28.0 Å². The number of carbonyl (C=O) groups is 1. The first-order chi connectivity index (χ1) is 12.9. The van der Waals surface area contributed by atoms with E-state index in [1.165, 1.54) is 0 Å². The molecule has 8 heteroatoms. The zero-order chi connectivity index (χ0) is 19.4. The molecule has 1 heterocycles. The number of carbonyl (C=O) groups excluding carboxylic acids is 1. The van der Waals surface area contributed by atoms with E-state index in [1.54, 1.807) is 6.07 Å². The van der Waals surface area contributed by atoms with E-state index in [2.05, 4.69) is 20.6 Å². The average molecular weight is 378 g/mol. The van der Waals surface area contributed by atoms with Gasteiger partial charge in [0.25, 0.3) is 5.91 Å². The Bertz CT molecular complexity index is 792. The fraction of sp³-hybridized carbons (Fsp3) is 0.421. The lowest BCUT2D eigenvalue weighted by atomic mass is 10.0. The first-order valence-electron chi connectivity index (χ1n) is 8.93. The van der Waals surface area contributed by atoms with E-state index >= 15 is 0 Å². The lowest BCUT2D eigenvalue weighted by molar-refractivity contribution is -0.141. The number of benzene rings is 1. The van der Waals surface area contributed by atoms with Gasteiger partial charge in [0.2, 0.25) is 0 Å². The van der Waals surface area contributed by atoms with E-state index in [1.807, 2.05) is 25.1 Å². The number of hydrogen-bond acceptors (Lipinski definition) is 4. The normalized spacial score (nSPS) is 19.7. The van der Waals surface area contributed by atoms with Gasteiger partial charge in [-0.1, -0.05) is 25.1 Å². The highest BCUT2D eigenvalue weighted by molar-refractivity contribution is 5.96. The van der Waals surface area contributed by atoms with Crippen LogP contribution in [0.25, 0.3) is 0 Å². The van der Waals surface area contributed by atoms with Crippen LogP contribution in [0.2, 0.25) is 0 Å². The van der Waals surface area contributed by atoms with Crippen LogP contribution >= 0.6 is 0 Å². The number of hydrogen-bond donors (Lipinski definition) is 2. The lowest BCUT2D eigenvalue weighted by Crippen LogP contribution is -2.43. The predicted molar refractivity (Wildman–Crippen MR) is 95.4 cm³/mol. The highest BCUT2D eigenvalue weighted by Gasteiger charge is 2.33. The highest BCUT2D eigenvalue weighted by Crippen LogP contribution is 2.28. The third kappa shape index (κ3) is 4.56. The fourth-order valence-electron chi connectivity index (χ4n) is 3.34. The second-order valence-electron chi connectivity index (χ2n) is 6.56. The Hall–Kier alpha value is -2.64. The van der Waals surface area contributed by atoms with Crippen LogP contribution in [0.1, 0.15) is 47.8 Å². The Morgan fingerprint density at radius 2 is 1.89 bits per heavy atom. The summed E-state index contributed by atoms with van der Waals surface area (Å²) in [5.41, 5.74) is 0.603. The summed E-state index contributed by atoms with van der Waals surface area (Å²) in [4.78, 5) is 19.9. The van der Waals surface area contributed by atoms with Gasteiger partial charge in [-0.05, 0) is 37.3 Å². The van der Waals surface area contributed by atoms with Gasteiger partial charge in [-0.3, -0.25) is 4.79 Å². The summed E-state index contributed by atoms with van der Waals surface area (Å²) in [5.74, 6) is 0.132. The Kier molecular flexibility index (Phi) is 5.62. The minimum Gasteiger partial charge on any atom is -0.364 e. The number of aromatic nitrogens is 2. The van der Waals surface area contributed by atoms with Gasteiger partial charge in [0.15, 0.2) is 5.69 Å². The molecule has 0 spiro atoms. The van der Waals surface area contributed by atoms with Gasteiger partial charge in [0.05, 0.1) is 12.4 Å². The summed E-state index contributed by atoms with van der Waals surface area (Å²) >= 11 is 0. The van der Waals surface area contributed by atoms with Crippen LogP contribution in [-0.2, 0) is 12.6 Å². The average Bonchev–Trinajstić information content (AvgIpc) is 3.08. The second-order valence-corrected chi connectivity index (χ2v) is 6.56. The second kappa shape index (κ2) is 7.94. The third-order valence-corrected chi connectivity index (χ3v) is 4.75. The van der Waals surface area contributed by atoms with Crippen molar-refractivity contribution < 1.29 is 18.0 Å². The molecule has 0 saturated heterocycles. The van der Waals surface area contributed by atoms with Gasteiger partial charge in [-0.2, -0.15) is 13.2 Å². The van der Waals surface area contributed by atoms with Crippen molar-refractivity contribution >= 4 is 11.7 Å². The van der Waals surface area contributed by atoms with Crippen molar-refractivity contribution in [1.29, 1.82) is 0 Å². The van der Waals surface area contributed by atoms with Crippen LogP contribution in [0, 0.1) is 0 Å². The molecule has 1 aromatic carbocycles. The Morgan fingerprint density at radius 3 is 2.56 bits per heavy atom. The molecule has 2 atom stereocenters. The molecule has 0 unspecified atom stereocenters. The maximum Gasteiger partial charge on any atom is 0.434 e. The van der Waals surface area contributed by atoms with Crippen molar-refractivity contribution in [3.63, 3.8) is 0 Å². The Labute approximate surface area is 155 Å². The number of alkyl halides is 3. The number of nitrogens with zero attached hydrogens (tertiary/aromatic N) is 2. The van der Waals surface area contributed by atoms with E-state index in [0.29, 0.717) is 11.8 Å². The molecule has 1 aromatic heterocycles. The van der Waals surface area contributed by atoms with Crippen LogP contribution in [0.3, 0.4) is 0 Å². The molecule has 2 N–H and O–H groups in total. The van der Waals surface area contributed by atoms with E-state index < -0.39 is 11.9 Å². The summed E-state index contributed by atoms with van der Waals surface area (Å²) in [6.45, 7) is 2.00. The molecule has 1 amide bonds. The van der Waals surface area contributed by atoms with Crippen molar-refractivity contribution in [2.24, 2.45) is 0 Å². The monoisotopic (exact) mass is 378 g/mol. The molecule has 27 heavy (non-hydrogen) atoms. The summed E-state index contributed by atoms with van der Waals surface area (Å²) in [6.07, 6.45) is 0.537. The smallest absolute Gasteiger partial charge is 0.364 e. The zero-order valence-electron chi connectivity index (χ0n) is 14.9. The summed E-state index contributed by atoms with van der Waals surface area (Å²) < 4.78 is 37.7. The van der Waals surface area contributed by atoms with Gasteiger partial charge in [-0.15, -0.1) is 0 Å². The molecule has 144 valence electrons. The minimum atomic E-state index is -4.51. The highest BCUT2D eigenvalue weighted by atomic mass is 19.4. The van der Waals surface area contributed by atoms with Crippen LogP contribution in [0.15, 0.2) is 36.7 Å². The van der Waals surface area contributed by atoms with E-state index in [0.717, 1.165) is 37.4 Å². The molecule has 1 aliphatic rings. The van der Waals surface area contributed by atoms with Gasteiger partial charge in [0, 0.05) is 17.6 Å². The summed E-state index contributed by atoms with van der Waals surface area (Å²) in [7, 11) is 0. The number of amides is 1. The molecule has 1 aliphatic carbocycles. The van der Waals surface area contributed by atoms with Gasteiger partial charge in [0.1, 0.15) is 5.82 Å². The van der Waals surface area contributed by atoms with Crippen molar-refractivity contribution in [2.45, 2.75) is 50.9 Å².